The quantitative estimate of drug-likeness (QED) is 0.847. The minimum absolute atomic E-state index is 0.295. The Morgan fingerprint density at radius 3 is 2.65 bits per heavy atom. The van der Waals surface area contributed by atoms with Gasteiger partial charge in [-0.25, -0.2) is 9.78 Å². The molecule has 0 radical (unpaired) electrons. The molecule has 20 heavy (non-hydrogen) atoms. The molecule has 1 aromatic heterocycles. The van der Waals surface area contributed by atoms with E-state index in [-0.39, 0.29) is 5.97 Å². The lowest BCUT2D eigenvalue weighted by atomic mass is 10.1. The van der Waals surface area contributed by atoms with Gasteiger partial charge in [0.25, 0.3) is 0 Å². The van der Waals surface area contributed by atoms with Crippen LogP contribution in [-0.2, 0) is 11.3 Å². The number of aryl methyl sites for hydroxylation is 1. The van der Waals surface area contributed by atoms with Crippen molar-refractivity contribution in [3.05, 3.63) is 53.5 Å². The Kier molecular flexibility index (Phi) is 4.65. The predicted octanol–water partition coefficient (Wildman–Crippen LogP) is 2.57. The summed E-state index contributed by atoms with van der Waals surface area (Å²) in [7, 11) is 0. The summed E-state index contributed by atoms with van der Waals surface area (Å²) in [6.07, 6.45) is 3.39. The van der Waals surface area contributed by atoms with E-state index in [1.807, 2.05) is 19.1 Å². The molecule has 104 valence electrons. The summed E-state index contributed by atoms with van der Waals surface area (Å²) in [5.41, 5.74) is 2.49. The van der Waals surface area contributed by atoms with Crippen molar-refractivity contribution in [2.24, 2.45) is 0 Å². The molecular weight excluding hydrogens is 254 g/mol. The van der Waals surface area contributed by atoms with Crippen molar-refractivity contribution in [3.63, 3.8) is 0 Å². The fraction of sp³-hybridized carbons (Fsp3) is 0.267. The SMILES string of the molecule is CCOC(=O)c1ccc(CNc2cncc(C)n2)cc1. The molecule has 0 aliphatic rings. The maximum Gasteiger partial charge on any atom is 0.338 e. The van der Waals surface area contributed by atoms with E-state index in [9.17, 15) is 4.79 Å². The zero-order valence-corrected chi connectivity index (χ0v) is 11.6. The van der Waals surface area contributed by atoms with Crippen molar-refractivity contribution in [1.82, 2.24) is 9.97 Å². The summed E-state index contributed by atoms with van der Waals surface area (Å²) in [6.45, 7) is 4.70. The van der Waals surface area contributed by atoms with Crippen LogP contribution in [0.2, 0.25) is 0 Å². The molecule has 2 rings (SSSR count). The molecule has 1 heterocycles. The van der Waals surface area contributed by atoms with Gasteiger partial charge in [0, 0.05) is 12.7 Å². The van der Waals surface area contributed by atoms with Crippen LogP contribution in [0.4, 0.5) is 5.82 Å². The molecule has 0 spiro atoms. The van der Waals surface area contributed by atoms with Gasteiger partial charge in [-0.15, -0.1) is 0 Å². The van der Waals surface area contributed by atoms with Gasteiger partial charge >= 0.3 is 5.97 Å². The number of ether oxygens (including phenoxy) is 1. The predicted molar refractivity (Wildman–Crippen MR) is 76.5 cm³/mol. The molecule has 0 unspecified atom stereocenters. The minimum atomic E-state index is -0.295. The van der Waals surface area contributed by atoms with Crippen molar-refractivity contribution in [2.75, 3.05) is 11.9 Å². The number of aromatic nitrogens is 2. The van der Waals surface area contributed by atoms with E-state index in [2.05, 4.69) is 15.3 Å². The molecule has 0 aliphatic carbocycles. The number of benzene rings is 1. The summed E-state index contributed by atoms with van der Waals surface area (Å²) in [4.78, 5) is 19.9. The molecule has 1 N–H and O–H groups in total. The van der Waals surface area contributed by atoms with E-state index in [1.54, 1.807) is 31.5 Å². The van der Waals surface area contributed by atoms with Gasteiger partial charge in [0.2, 0.25) is 0 Å². The maximum atomic E-state index is 11.5. The topological polar surface area (TPSA) is 64.1 Å². The normalized spacial score (nSPS) is 10.1. The van der Waals surface area contributed by atoms with Crippen LogP contribution in [0.5, 0.6) is 0 Å². The first-order chi connectivity index (χ1) is 9.69. The van der Waals surface area contributed by atoms with E-state index in [4.69, 9.17) is 4.74 Å². The molecule has 0 fully saturated rings. The van der Waals surface area contributed by atoms with Crippen LogP contribution in [0.1, 0.15) is 28.5 Å². The first kappa shape index (κ1) is 14.0. The lowest BCUT2D eigenvalue weighted by molar-refractivity contribution is 0.0526. The number of hydrogen-bond donors (Lipinski definition) is 1. The van der Waals surface area contributed by atoms with E-state index in [1.165, 1.54) is 0 Å². The second-order valence-corrected chi connectivity index (χ2v) is 4.32. The molecule has 0 amide bonds. The summed E-state index contributed by atoms with van der Waals surface area (Å²) >= 11 is 0. The summed E-state index contributed by atoms with van der Waals surface area (Å²) in [5, 5.41) is 3.19. The Balaban J connectivity index is 1.95. The lowest BCUT2D eigenvalue weighted by Crippen LogP contribution is -2.06. The third kappa shape index (κ3) is 3.78. The number of carbonyl (C=O) groups is 1. The Morgan fingerprint density at radius 2 is 2.00 bits per heavy atom. The third-order valence-corrected chi connectivity index (χ3v) is 2.69. The summed E-state index contributed by atoms with van der Waals surface area (Å²) in [5.74, 6) is 0.441. The molecule has 5 nitrogen and oxygen atoms in total. The highest BCUT2D eigenvalue weighted by molar-refractivity contribution is 5.89. The lowest BCUT2D eigenvalue weighted by Gasteiger charge is -2.07. The molecule has 1 aromatic carbocycles. The maximum absolute atomic E-state index is 11.5. The highest BCUT2D eigenvalue weighted by atomic mass is 16.5. The number of esters is 1. The van der Waals surface area contributed by atoms with Gasteiger partial charge in [0.15, 0.2) is 0 Å². The third-order valence-electron chi connectivity index (χ3n) is 2.69. The van der Waals surface area contributed by atoms with E-state index >= 15 is 0 Å². The average Bonchev–Trinajstić information content (AvgIpc) is 2.46. The monoisotopic (exact) mass is 271 g/mol. The number of anilines is 1. The van der Waals surface area contributed by atoms with Crippen LogP contribution in [0, 0.1) is 6.92 Å². The number of nitrogens with zero attached hydrogens (tertiary/aromatic N) is 2. The van der Waals surface area contributed by atoms with Crippen LogP contribution in [0.25, 0.3) is 0 Å². The highest BCUT2D eigenvalue weighted by Gasteiger charge is 2.05. The van der Waals surface area contributed by atoms with Crippen LogP contribution in [0.3, 0.4) is 0 Å². The van der Waals surface area contributed by atoms with Crippen LogP contribution >= 0.6 is 0 Å². The van der Waals surface area contributed by atoms with Gasteiger partial charge in [-0.1, -0.05) is 12.1 Å². The number of hydrogen-bond acceptors (Lipinski definition) is 5. The molecule has 0 aliphatic heterocycles. The van der Waals surface area contributed by atoms with Crippen LogP contribution < -0.4 is 5.32 Å². The van der Waals surface area contributed by atoms with E-state index in [0.29, 0.717) is 18.7 Å². The van der Waals surface area contributed by atoms with Crippen molar-refractivity contribution in [3.8, 4) is 0 Å². The first-order valence-corrected chi connectivity index (χ1v) is 6.47. The number of nitrogens with one attached hydrogen (secondary N) is 1. The largest absolute Gasteiger partial charge is 0.462 e. The Labute approximate surface area is 118 Å². The average molecular weight is 271 g/mol. The zero-order chi connectivity index (χ0) is 14.4. The second kappa shape index (κ2) is 6.65. The molecule has 5 heteroatoms. The van der Waals surface area contributed by atoms with E-state index in [0.717, 1.165) is 17.1 Å². The second-order valence-electron chi connectivity index (χ2n) is 4.32. The molecule has 0 saturated heterocycles. The standard InChI is InChI=1S/C15H17N3O2/c1-3-20-15(19)13-6-4-12(5-7-13)9-17-14-10-16-8-11(2)18-14/h4-8,10H,3,9H2,1-2H3,(H,17,18). The molecule has 0 bridgehead atoms. The van der Waals surface area contributed by atoms with Crippen molar-refractivity contribution in [2.45, 2.75) is 20.4 Å². The van der Waals surface area contributed by atoms with Crippen LogP contribution in [0.15, 0.2) is 36.7 Å². The number of carbonyl (C=O) groups excluding carboxylic acids is 1. The molecule has 0 saturated carbocycles. The Bertz CT molecular complexity index is 582. The molecule has 0 atom stereocenters. The first-order valence-electron chi connectivity index (χ1n) is 6.47. The summed E-state index contributed by atoms with van der Waals surface area (Å²) < 4.78 is 4.94. The van der Waals surface area contributed by atoms with Gasteiger partial charge in [-0.05, 0) is 31.5 Å². The Hall–Kier alpha value is -2.43. The molecular formula is C15H17N3O2. The fourth-order valence-electron chi connectivity index (χ4n) is 1.71. The fourth-order valence-corrected chi connectivity index (χ4v) is 1.71. The van der Waals surface area contributed by atoms with Gasteiger partial charge in [0.05, 0.1) is 24.1 Å². The van der Waals surface area contributed by atoms with Crippen molar-refractivity contribution >= 4 is 11.8 Å². The van der Waals surface area contributed by atoms with Gasteiger partial charge in [-0.3, -0.25) is 4.98 Å². The van der Waals surface area contributed by atoms with Gasteiger partial charge in [-0.2, -0.15) is 0 Å². The zero-order valence-electron chi connectivity index (χ0n) is 11.6. The molecule has 2 aromatic rings. The van der Waals surface area contributed by atoms with Gasteiger partial charge < -0.3 is 10.1 Å². The van der Waals surface area contributed by atoms with Crippen molar-refractivity contribution in [1.29, 1.82) is 0 Å². The Morgan fingerprint density at radius 1 is 1.25 bits per heavy atom. The number of rotatable bonds is 5. The minimum Gasteiger partial charge on any atom is -0.462 e. The van der Waals surface area contributed by atoms with Crippen molar-refractivity contribution < 1.29 is 9.53 Å². The van der Waals surface area contributed by atoms with E-state index < -0.39 is 0 Å². The summed E-state index contributed by atoms with van der Waals surface area (Å²) in [6, 6.07) is 7.30. The van der Waals surface area contributed by atoms with Crippen LogP contribution in [-0.4, -0.2) is 22.5 Å². The van der Waals surface area contributed by atoms with Gasteiger partial charge in [0.1, 0.15) is 5.82 Å². The smallest absolute Gasteiger partial charge is 0.338 e. The highest BCUT2D eigenvalue weighted by Crippen LogP contribution is 2.09.